The van der Waals surface area contributed by atoms with Gasteiger partial charge in [-0.2, -0.15) is 0 Å². The zero-order chi connectivity index (χ0) is 19.8. The molecule has 7 heteroatoms. The Morgan fingerprint density at radius 3 is 2.82 bits per heavy atom. The maximum atomic E-state index is 12.3. The molecule has 4 rings (SSSR count). The van der Waals surface area contributed by atoms with Crippen molar-refractivity contribution in [3.8, 4) is 0 Å². The molecule has 1 fully saturated rings. The summed E-state index contributed by atoms with van der Waals surface area (Å²) in [5, 5.41) is 9.23. The van der Waals surface area contributed by atoms with Crippen molar-refractivity contribution in [2.45, 2.75) is 52.2 Å². The molecule has 1 N–H and O–H groups in total. The summed E-state index contributed by atoms with van der Waals surface area (Å²) >= 11 is 0. The van der Waals surface area contributed by atoms with E-state index in [1.165, 1.54) is 4.90 Å². The second-order valence-electron chi connectivity index (χ2n) is 8.11. The third-order valence-electron chi connectivity index (χ3n) is 6.17. The van der Waals surface area contributed by atoms with Gasteiger partial charge in [-0.15, -0.1) is 0 Å². The van der Waals surface area contributed by atoms with Crippen LogP contribution in [0.2, 0.25) is 0 Å². The summed E-state index contributed by atoms with van der Waals surface area (Å²) in [4.78, 5) is 32.4. The summed E-state index contributed by atoms with van der Waals surface area (Å²) in [5.74, 6) is -0.793. The number of nitrogens with zero attached hydrogens (tertiary/aromatic N) is 4. The molecule has 0 bridgehead atoms. The molecule has 28 heavy (non-hydrogen) atoms. The Morgan fingerprint density at radius 2 is 2.07 bits per heavy atom. The Morgan fingerprint density at radius 1 is 1.25 bits per heavy atom. The van der Waals surface area contributed by atoms with Crippen LogP contribution in [0, 0.1) is 5.92 Å². The number of benzene rings is 1. The minimum atomic E-state index is -1.38. The molecule has 150 valence electrons. The molecule has 0 spiro atoms. The second kappa shape index (κ2) is 7.54. The molecule has 7 nitrogen and oxygen atoms in total. The predicted octanol–water partition coefficient (Wildman–Crippen LogP) is 2.65. The maximum absolute atomic E-state index is 12.3. The van der Waals surface area contributed by atoms with Crippen LogP contribution in [0.25, 0.3) is 11.0 Å². The molecule has 2 atom stereocenters. The molecule has 0 saturated carbocycles. The molecular formula is C21H28N4O3. The number of likely N-dealkylation sites (tertiary alicyclic amines) is 1. The van der Waals surface area contributed by atoms with Crippen LogP contribution in [-0.2, 0) is 22.7 Å². The molecule has 1 saturated heterocycles. The molecule has 1 aromatic carbocycles. The topological polar surface area (TPSA) is 78.7 Å². The van der Waals surface area contributed by atoms with E-state index in [1.807, 2.05) is 6.07 Å². The Labute approximate surface area is 164 Å². The third-order valence-corrected chi connectivity index (χ3v) is 6.17. The lowest BCUT2D eigenvalue weighted by Gasteiger charge is -2.38. The van der Waals surface area contributed by atoms with Gasteiger partial charge >= 0.3 is 11.9 Å². The van der Waals surface area contributed by atoms with E-state index < -0.39 is 11.9 Å². The zero-order valence-electron chi connectivity index (χ0n) is 16.6. The van der Waals surface area contributed by atoms with Crippen LogP contribution < -0.4 is 0 Å². The SMILES string of the molecule is CCN1CCCn2c(nc3cc([C@H]4CC[C@H](C)CN4C(=O)C(=O)O)ccc32)C1. The molecule has 0 unspecified atom stereocenters. The molecule has 1 amide bonds. The van der Waals surface area contributed by atoms with Crippen molar-refractivity contribution in [2.24, 2.45) is 5.92 Å². The summed E-state index contributed by atoms with van der Waals surface area (Å²) in [5.41, 5.74) is 3.04. The normalized spacial score (nSPS) is 23.4. The smallest absolute Gasteiger partial charge is 0.394 e. The van der Waals surface area contributed by atoms with Crippen LogP contribution in [-0.4, -0.2) is 56.0 Å². The van der Waals surface area contributed by atoms with Crippen molar-refractivity contribution in [1.29, 1.82) is 0 Å². The second-order valence-corrected chi connectivity index (χ2v) is 8.11. The van der Waals surface area contributed by atoms with E-state index in [9.17, 15) is 14.7 Å². The highest BCUT2D eigenvalue weighted by Gasteiger charge is 2.34. The first-order valence-corrected chi connectivity index (χ1v) is 10.2. The van der Waals surface area contributed by atoms with Gasteiger partial charge in [0.1, 0.15) is 5.82 Å². The summed E-state index contributed by atoms with van der Waals surface area (Å²) < 4.78 is 2.30. The number of imidazole rings is 1. The van der Waals surface area contributed by atoms with Crippen LogP contribution in [0.1, 0.15) is 50.5 Å². The van der Waals surface area contributed by atoms with E-state index in [-0.39, 0.29) is 6.04 Å². The van der Waals surface area contributed by atoms with Gasteiger partial charge in [0.2, 0.25) is 0 Å². The van der Waals surface area contributed by atoms with Crippen LogP contribution in [0.5, 0.6) is 0 Å². The number of carbonyl (C=O) groups is 2. The van der Waals surface area contributed by atoms with Gasteiger partial charge in [0.15, 0.2) is 0 Å². The summed E-state index contributed by atoms with van der Waals surface area (Å²) in [6, 6.07) is 5.99. The Bertz CT molecular complexity index is 906. The van der Waals surface area contributed by atoms with E-state index in [0.29, 0.717) is 12.5 Å². The van der Waals surface area contributed by atoms with E-state index in [1.54, 1.807) is 0 Å². The Kier molecular flexibility index (Phi) is 5.10. The Hall–Kier alpha value is -2.41. The lowest BCUT2D eigenvalue weighted by Crippen LogP contribution is -2.44. The Balaban J connectivity index is 1.69. The number of carboxylic acids is 1. The first-order chi connectivity index (χ1) is 13.5. The quantitative estimate of drug-likeness (QED) is 0.806. The summed E-state index contributed by atoms with van der Waals surface area (Å²) in [6.07, 6.45) is 2.87. The summed E-state index contributed by atoms with van der Waals surface area (Å²) in [7, 11) is 0. The minimum Gasteiger partial charge on any atom is -0.474 e. The van der Waals surface area contributed by atoms with Gasteiger partial charge in [0.25, 0.3) is 0 Å². The van der Waals surface area contributed by atoms with Crippen LogP contribution >= 0.6 is 0 Å². The molecular weight excluding hydrogens is 356 g/mol. The number of amides is 1. The molecule has 3 heterocycles. The fourth-order valence-corrected chi connectivity index (χ4v) is 4.62. The highest BCUT2D eigenvalue weighted by Crippen LogP contribution is 2.35. The molecule has 2 aliphatic heterocycles. The zero-order valence-corrected chi connectivity index (χ0v) is 16.6. The van der Waals surface area contributed by atoms with Gasteiger partial charge in [-0.3, -0.25) is 9.69 Å². The van der Waals surface area contributed by atoms with Crippen molar-refractivity contribution >= 4 is 22.9 Å². The van der Waals surface area contributed by atoms with Crippen LogP contribution in [0.3, 0.4) is 0 Å². The summed E-state index contributed by atoms with van der Waals surface area (Å²) in [6.45, 7) is 8.64. The number of fused-ring (bicyclic) bond motifs is 3. The number of aliphatic carboxylic acids is 1. The van der Waals surface area contributed by atoms with Crippen molar-refractivity contribution in [1.82, 2.24) is 19.4 Å². The van der Waals surface area contributed by atoms with Gasteiger partial charge in [0, 0.05) is 19.6 Å². The molecule has 1 aromatic heterocycles. The number of aromatic nitrogens is 2. The number of rotatable bonds is 2. The lowest BCUT2D eigenvalue weighted by molar-refractivity contribution is -0.158. The standard InChI is InChI=1S/C21H28N4O3/c1-3-23-9-4-10-24-18-8-6-15(11-16(18)22-19(24)13-23)17-7-5-14(2)12-25(17)20(26)21(27)28/h6,8,11,14,17H,3-5,7,9-10,12-13H2,1-2H3,(H,27,28)/t14-,17+/m0/s1. The van der Waals surface area contributed by atoms with Gasteiger partial charge in [0.05, 0.1) is 23.6 Å². The minimum absolute atomic E-state index is 0.196. The molecule has 0 radical (unpaired) electrons. The van der Waals surface area contributed by atoms with Gasteiger partial charge < -0.3 is 14.6 Å². The molecule has 2 aliphatic rings. The number of piperidine rings is 1. The van der Waals surface area contributed by atoms with Gasteiger partial charge in [-0.25, -0.2) is 9.78 Å². The largest absolute Gasteiger partial charge is 0.474 e. The highest BCUT2D eigenvalue weighted by atomic mass is 16.4. The first-order valence-electron chi connectivity index (χ1n) is 10.2. The van der Waals surface area contributed by atoms with Crippen LogP contribution in [0.4, 0.5) is 0 Å². The first kappa shape index (κ1) is 18.9. The van der Waals surface area contributed by atoms with Crippen LogP contribution in [0.15, 0.2) is 18.2 Å². The van der Waals surface area contributed by atoms with Gasteiger partial charge in [-0.05, 0) is 49.4 Å². The number of carbonyl (C=O) groups excluding carboxylic acids is 1. The van der Waals surface area contributed by atoms with E-state index in [4.69, 9.17) is 4.98 Å². The average Bonchev–Trinajstić information content (AvgIpc) is 2.89. The third kappa shape index (κ3) is 3.39. The van der Waals surface area contributed by atoms with E-state index >= 15 is 0 Å². The van der Waals surface area contributed by atoms with E-state index in [2.05, 4.69) is 35.4 Å². The lowest BCUT2D eigenvalue weighted by atomic mass is 9.89. The molecule has 2 aromatic rings. The number of hydrogen-bond acceptors (Lipinski definition) is 4. The number of hydrogen-bond donors (Lipinski definition) is 1. The highest BCUT2D eigenvalue weighted by molar-refractivity contribution is 6.31. The fourth-order valence-electron chi connectivity index (χ4n) is 4.62. The van der Waals surface area contributed by atoms with Crippen molar-refractivity contribution in [3.63, 3.8) is 0 Å². The predicted molar refractivity (Wildman–Crippen MR) is 106 cm³/mol. The van der Waals surface area contributed by atoms with Crippen molar-refractivity contribution in [3.05, 3.63) is 29.6 Å². The number of carboxylic acid groups (broad SMARTS) is 1. The van der Waals surface area contributed by atoms with Crippen molar-refractivity contribution < 1.29 is 14.7 Å². The van der Waals surface area contributed by atoms with Gasteiger partial charge in [-0.1, -0.05) is 19.9 Å². The monoisotopic (exact) mass is 384 g/mol. The molecule has 0 aliphatic carbocycles. The van der Waals surface area contributed by atoms with E-state index in [0.717, 1.165) is 67.9 Å². The average molecular weight is 384 g/mol. The fraction of sp³-hybridized carbons (Fsp3) is 0.571. The van der Waals surface area contributed by atoms with Crippen molar-refractivity contribution in [2.75, 3.05) is 19.6 Å². The number of aryl methyl sites for hydroxylation is 1. The maximum Gasteiger partial charge on any atom is 0.394 e.